The van der Waals surface area contributed by atoms with E-state index in [0.29, 0.717) is 42.6 Å². The lowest BCUT2D eigenvalue weighted by Gasteiger charge is -2.11. The number of hydrogen-bond donors (Lipinski definition) is 2. The maximum absolute atomic E-state index is 12.5. The number of pyridine rings is 1. The summed E-state index contributed by atoms with van der Waals surface area (Å²) in [6.45, 7) is 5.59. The number of anilines is 1. The Kier molecular flexibility index (Phi) is 5.74. The molecular weight excluding hydrogens is 446 g/mol. The fourth-order valence-electron chi connectivity index (χ4n) is 3.80. The van der Waals surface area contributed by atoms with Crippen molar-refractivity contribution in [1.29, 1.82) is 0 Å². The van der Waals surface area contributed by atoms with Crippen molar-refractivity contribution in [2.24, 2.45) is 0 Å². The van der Waals surface area contributed by atoms with Crippen LogP contribution in [0.25, 0.3) is 21.9 Å². The third-order valence-electron chi connectivity index (χ3n) is 5.41. The Morgan fingerprint density at radius 3 is 2.94 bits per heavy atom. The monoisotopic (exact) mass is 467 g/mol. The van der Waals surface area contributed by atoms with E-state index < -0.39 is 0 Å². The van der Waals surface area contributed by atoms with Crippen LogP contribution < -0.4 is 15.4 Å². The molecule has 1 aliphatic rings. The minimum atomic E-state index is -0.230. The summed E-state index contributed by atoms with van der Waals surface area (Å²) in [7, 11) is 0. The van der Waals surface area contributed by atoms with Crippen LogP contribution in [0.2, 0.25) is 5.28 Å². The van der Waals surface area contributed by atoms with Crippen molar-refractivity contribution in [3.05, 3.63) is 52.8 Å². The van der Waals surface area contributed by atoms with Crippen molar-refractivity contribution >= 4 is 45.1 Å². The van der Waals surface area contributed by atoms with Gasteiger partial charge in [-0.2, -0.15) is 0 Å². The molecule has 10 heteroatoms. The van der Waals surface area contributed by atoms with Gasteiger partial charge in [0.1, 0.15) is 12.2 Å². The molecule has 1 atom stereocenters. The molecule has 0 bridgehead atoms. The van der Waals surface area contributed by atoms with Crippen LogP contribution in [-0.2, 0) is 18.0 Å². The molecular formula is C23H22ClN5O4. The highest BCUT2D eigenvalue weighted by Crippen LogP contribution is 2.37. The number of nitrogens with zero attached hydrogens (tertiary/aromatic N) is 3. The first kappa shape index (κ1) is 21.4. The molecule has 0 fully saturated rings. The first-order valence-corrected chi connectivity index (χ1v) is 11.0. The molecule has 9 nitrogen and oxygen atoms in total. The van der Waals surface area contributed by atoms with Gasteiger partial charge in [0.15, 0.2) is 0 Å². The van der Waals surface area contributed by atoms with Crippen molar-refractivity contribution in [1.82, 2.24) is 20.3 Å². The van der Waals surface area contributed by atoms with Gasteiger partial charge in [-0.1, -0.05) is 0 Å². The summed E-state index contributed by atoms with van der Waals surface area (Å²) in [5, 5.41) is 8.08. The predicted molar refractivity (Wildman–Crippen MR) is 124 cm³/mol. The average Bonchev–Trinajstić information content (AvgIpc) is 3.13. The summed E-state index contributed by atoms with van der Waals surface area (Å²) in [4.78, 5) is 25.4. The molecule has 4 heterocycles. The van der Waals surface area contributed by atoms with Gasteiger partial charge in [0.25, 0.3) is 5.91 Å². The highest BCUT2D eigenvalue weighted by molar-refractivity contribution is 6.28. The number of ether oxygens (including phenoxy) is 2. The molecule has 3 aromatic heterocycles. The molecule has 170 valence electrons. The van der Waals surface area contributed by atoms with Crippen molar-refractivity contribution in [2.45, 2.75) is 33.1 Å². The number of nitrogens with one attached hydrogen (secondary N) is 2. The zero-order valence-corrected chi connectivity index (χ0v) is 18.9. The number of carbonyl (C=O) groups is 1. The molecule has 0 radical (unpaired) electrons. The van der Waals surface area contributed by atoms with Crippen molar-refractivity contribution in [3.63, 3.8) is 0 Å². The fourth-order valence-corrected chi connectivity index (χ4v) is 3.96. The van der Waals surface area contributed by atoms with Gasteiger partial charge in [-0.3, -0.25) is 4.79 Å². The highest BCUT2D eigenvalue weighted by Gasteiger charge is 2.26. The number of aromatic nitrogens is 3. The maximum Gasteiger partial charge on any atom is 0.289 e. The molecule has 1 aliphatic heterocycles. The van der Waals surface area contributed by atoms with Crippen LogP contribution in [0, 0.1) is 0 Å². The first-order chi connectivity index (χ1) is 16.0. The lowest BCUT2D eigenvalue weighted by molar-refractivity contribution is 0.0920. The van der Waals surface area contributed by atoms with E-state index in [9.17, 15) is 4.79 Å². The largest absolute Gasteiger partial charge is 0.471 e. The van der Waals surface area contributed by atoms with Gasteiger partial charge in [0.2, 0.25) is 16.9 Å². The summed E-state index contributed by atoms with van der Waals surface area (Å²) in [5.41, 5.74) is 3.48. The second kappa shape index (κ2) is 8.84. The summed E-state index contributed by atoms with van der Waals surface area (Å²) in [6, 6.07) is 7.34. The van der Waals surface area contributed by atoms with E-state index in [0.717, 1.165) is 21.9 Å². The second-order valence-corrected chi connectivity index (χ2v) is 8.09. The highest BCUT2D eigenvalue weighted by atomic mass is 35.5. The van der Waals surface area contributed by atoms with Crippen molar-refractivity contribution in [3.8, 4) is 5.88 Å². The Hall–Kier alpha value is -3.43. The zero-order chi connectivity index (χ0) is 22.9. The molecule has 0 unspecified atom stereocenters. The number of benzene rings is 1. The molecule has 0 saturated carbocycles. The minimum absolute atomic E-state index is 0.00818. The Morgan fingerprint density at radius 1 is 1.21 bits per heavy atom. The Morgan fingerprint density at radius 2 is 2.09 bits per heavy atom. The average molecular weight is 468 g/mol. The topological polar surface area (TPSA) is 111 Å². The SMILES string of the molecule is CCOCc1cnc(Cl)nc1COc1ccc2c(ccc3oc4c(c32)NC[C@@H](C)NC4=O)n1. The summed E-state index contributed by atoms with van der Waals surface area (Å²) in [5.74, 6) is 0.489. The number of carbonyl (C=O) groups excluding carboxylic acids is 1. The van der Waals surface area contributed by atoms with E-state index in [4.69, 9.17) is 25.5 Å². The smallest absolute Gasteiger partial charge is 0.289 e. The standard InChI is InChI=1S/C23H22ClN5O4/c1-3-31-10-13-9-26-23(24)29-16(13)11-32-18-7-4-14-15(28-18)5-6-17-19(14)20-21(33-17)22(30)27-12(2)8-25-20/h4-7,9,12,25H,3,8,10-11H2,1-2H3,(H,27,30)/t12-/m1/s1. The molecule has 0 spiro atoms. The third-order valence-corrected chi connectivity index (χ3v) is 5.59. The van der Waals surface area contributed by atoms with Gasteiger partial charge in [0.05, 0.1) is 28.9 Å². The van der Waals surface area contributed by atoms with Crippen LogP contribution in [0.15, 0.2) is 34.9 Å². The van der Waals surface area contributed by atoms with Crippen LogP contribution in [0.5, 0.6) is 5.88 Å². The van der Waals surface area contributed by atoms with E-state index in [1.165, 1.54) is 0 Å². The Bertz CT molecular complexity index is 1360. The van der Waals surface area contributed by atoms with Crippen LogP contribution in [0.1, 0.15) is 35.7 Å². The van der Waals surface area contributed by atoms with Gasteiger partial charge < -0.3 is 24.5 Å². The number of furan rings is 1. The van der Waals surface area contributed by atoms with E-state index >= 15 is 0 Å². The normalized spacial score (nSPS) is 15.7. The summed E-state index contributed by atoms with van der Waals surface area (Å²) in [6.07, 6.45) is 1.64. The number of fused-ring (bicyclic) bond motifs is 5. The minimum Gasteiger partial charge on any atom is -0.471 e. The van der Waals surface area contributed by atoms with Crippen LogP contribution in [0.4, 0.5) is 5.69 Å². The third kappa shape index (κ3) is 4.17. The number of halogens is 1. The van der Waals surface area contributed by atoms with Gasteiger partial charge in [-0.05, 0) is 43.6 Å². The van der Waals surface area contributed by atoms with Gasteiger partial charge in [0, 0.05) is 42.4 Å². The predicted octanol–water partition coefficient (Wildman–Crippen LogP) is 4.08. The molecule has 5 rings (SSSR count). The lowest BCUT2D eigenvalue weighted by Crippen LogP contribution is -2.34. The Labute approximate surface area is 194 Å². The van der Waals surface area contributed by atoms with Crippen LogP contribution in [-0.4, -0.2) is 40.1 Å². The van der Waals surface area contributed by atoms with Gasteiger partial charge >= 0.3 is 0 Å². The molecule has 4 aromatic rings. The summed E-state index contributed by atoms with van der Waals surface area (Å²) >= 11 is 5.97. The molecule has 0 aliphatic carbocycles. The Balaban J connectivity index is 1.46. The van der Waals surface area contributed by atoms with E-state index in [1.807, 2.05) is 32.0 Å². The second-order valence-electron chi connectivity index (χ2n) is 7.75. The molecule has 2 N–H and O–H groups in total. The number of amides is 1. The fraction of sp³-hybridized carbons (Fsp3) is 0.304. The molecule has 1 aromatic carbocycles. The van der Waals surface area contributed by atoms with E-state index in [2.05, 4.69) is 25.6 Å². The number of hydrogen-bond acceptors (Lipinski definition) is 8. The van der Waals surface area contributed by atoms with E-state index in [1.54, 1.807) is 12.3 Å². The number of rotatable bonds is 6. The summed E-state index contributed by atoms with van der Waals surface area (Å²) < 4.78 is 17.2. The lowest BCUT2D eigenvalue weighted by atomic mass is 10.1. The van der Waals surface area contributed by atoms with Gasteiger partial charge in [-0.15, -0.1) is 0 Å². The molecule has 0 saturated heterocycles. The van der Waals surface area contributed by atoms with Crippen LogP contribution >= 0.6 is 11.6 Å². The van der Waals surface area contributed by atoms with Crippen molar-refractivity contribution < 1.29 is 18.7 Å². The van der Waals surface area contributed by atoms with Gasteiger partial charge in [-0.25, -0.2) is 15.0 Å². The van der Waals surface area contributed by atoms with Crippen LogP contribution in [0.3, 0.4) is 0 Å². The quantitative estimate of drug-likeness (QED) is 0.408. The molecule has 33 heavy (non-hydrogen) atoms. The first-order valence-electron chi connectivity index (χ1n) is 10.6. The van der Waals surface area contributed by atoms with Crippen molar-refractivity contribution in [2.75, 3.05) is 18.5 Å². The zero-order valence-electron chi connectivity index (χ0n) is 18.1. The molecule has 1 amide bonds. The maximum atomic E-state index is 12.5. The van der Waals surface area contributed by atoms with E-state index in [-0.39, 0.29) is 29.6 Å².